The third-order valence-electron chi connectivity index (χ3n) is 3.00. The van der Waals surface area contributed by atoms with E-state index in [0.29, 0.717) is 6.61 Å². The Hall–Kier alpha value is -0.240. The molecule has 1 fully saturated rings. The summed E-state index contributed by atoms with van der Waals surface area (Å²) >= 11 is 0. The van der Waals surface area contributed by atoms with E-state index in [0.717, 1.165) is 0 Å². The molecule has 17 heavy (non-hydrogen) atoms. The first-order valence-corrected chi connectivity index (χ1v) is 5.45. The van der Waals surface area contributed by atoms with Crippen molar-refractivity contribution in [1.29, 1.82) is 0 Å². The van der Waals surface area contributed by atoms with Gasteiger partial charge in [0.2, 0.25) is 5.79 Å². The zero-order valence-electron chi connectivity index (χ0n) is 11.1. The van der Waals surface area contributed by atoms with Crippen molar-refractivity contribution in [2.75, 3.05) is 48.8 Å². The van der Waals surface area contributed by atoms with Crippen molar-refractivity contribution < 1.29 is 28.4 Å². The summed E-state index contributed by atoms with van der Waals surface area (Å²) in [4.78, 5) is 0. The van der Waals surface area contributed by atoms with Crippen LogP contribution in [0.5, 0.6) is 0 Å². The molecule has 0 spiro atoms. The van der Waals surface area contributed by atoms with E-state index in [1.54, 1.807) is 35.5 Å². The van der Waals surface area contributed by atoms with E-state index in [9.17, 15) is 0 Å². The van der Waals surface area contributed by atoms with Gasteiger partial charge in [-0.1, -0.05) is 0 Å². The van der Waals surface area contributed by atoms with Crippen LogP contribution in [-0.4, -0.2) is 72.9 Å². The molecule has 1 aliphatic heterocycles. The van der Waals surface area contributed by atoms with Crippen LogP contribution in [-0.2, 0) is 28.4 Å². The lowest BCUT2D eigenvalue weighted by Gasteiger charge is -2.31. The van der Waals surface area contributed by atoms with E-state index >= 15 is 0 Å². The van der Waals surface area contributed by atoms with E-state index in [2.05, 4.69) is 0 Å². The molecule has 0 bridgehead atoms. The highest BCUT2D eigenvalue weighted by atomic mass is 16.8. The van der Waals surface area contributed by atoms with Crippen molar-refractivity contribution in [3.05, 3.63) is 0 Å². The second kappa shape index (κ2) is 6.63. The molecule has 0 radical (unpaired) electrons. The molecule has 102 valence electrons. The Morgan fingerprint density at radius 3 is 2.12 bits per heavy atom. The lowest BCUT2D eigenvalue weighted by molar-refractivity contribution is -0.271. The molecule has 1 heterocycles. The van der Waals surface area contributed by atoms with Gasteiger partial charge in [0.15, 0.2) is 0 Å². The van der Waals surface area contributed by atoms with Gasteiger partial charge in [-0.05, 0) is 0 Å². The van der Waals surface area contributed by atoms with Gasteiger partial charge in [-0.25, -0.2) is 0 Å². The first-order valence-electron chi connectivity index (χ1n) is 5.45. The predicted octanol–water partition coefficient (Wildman–Crippen LogP) is 0.0507. The van der Waals surface area contributed by atoms with Crippen LogP contribution in [0, 0.1) is 0 Å². The number of rotatable bonds is 7. The van der Waals surface area contributed by atoms with Gasteiger partial charge in [0, 0.05) is 35.5 Å². The van der Waals surface area contributed by atoms with Gasteiger partial charge in [-0.15, -0.1) is 0 Å². The second-order valence-electron chi connectivity index (χ2n) is 3.92. The minimum Gasteiger partial charge on any atom is -0.382 e. The minimum atomic E-state index is -0.951. The summed E-state index contributed by atoms with van der Waals surface area (Å²) in [5, 5.41) is 0. The summed E-state index contributed by atoms with van der Waals surface area (Å²) in [5.41, 5.74) is 0. The molecule has 6 heteroatoms. The van der Waals surface area contributed by atoms with Crippen molar-refractivity contribution >= 4 is 0 Å². The van der Waals surface area contributed by atoms with Crippen molar-refractivity contribution in [1.82, 2.24) is 0 Å². The predicted molar refractivity (Wildman–Crippen MR) is 60.0 cm³/mol. The lowest BCUT2D eigenvalue weighted by atomic mass is 10.1. The second-order valence-corrected chi connectivity index (χ2v) is 3.92. The Kier molecular flexibility index (Phi) is 5.78. The summed E-state index contributed by atoms with van der Waals surface area (Å²) < 4.78 is 32.4. The fourth-order valence-electron chi connectivity index (χ4n) is 2.26. The van der Waals surface area contributed by atoms with Crippen molar-refractivity contribution in [2.24, 2.45) is 0 Å². The van der Waals surface area contributed by atoms with Gasteiger partial charge in [0.05, 0.1) is 6.61 Å². The SMILES string of the molecule is COC[C@H]1OC(COC)(OC)[C@@H](OC)[C@@H]1OC. The first kappa shape index (κ1) is 14.8. The summed E-state index contributed by atoms with van der Waals surface area (Å²) in [7, 11) is 7.97. The fraction of sp³-hybridized carbons (Fsp3) is 1.00. The van der Waals surface area contributed by atoms with Gasteiger partial charge < -0.3 is 28.4 Å². The molecule has 0 aromatic carbocycles. The highest BCUT2D eigenvalue weighted by Crippen LogP contribution is 2.35. The average Bonchev–Trinajstić information content (AvgIpc) is 2.63. The number of methoxy groups -OCH3 is 5. The van der Waals surface area contributed by atoms with Gasteiger partial charge >= 0.3 is 0 Å². The summed E-state index contributed by atoms with van der Waals surface area (Å²) in [6.45, 7) is 0.676. The Labute approximate surface area is 102 Å². The van der Waals surface area contributed by atoms with Crippen molar-refractivity contribution in [2.45, 2.75) is 24.1 Å². The van der Waals surface area contributed by atoms with E-state index in [1.165, 1.54) is 0 Å². The molecular formula is C11H22O6. The molecule has 6 nitrogen and oxygen atoms in total. The Bertz CT molecular complexity index is 224. The van der Waals surface area contributed by atoms with Crippen LogP contribution in [0.2, 0.25) is 0 Å². The maximum atomic E-state index is 5.86. The van der Waals surface area contributed by atoms with Gasteiger partial charge in [-0.3, -0.25) is 0 Å². The molecule has 1 aliphatic rings. The highest BCUT2D eigenvalue weighted by Gasteiger charge is 2.56. The van der Waals surface area contributed by atoms with E-state index < -0.39 is 5.79 Å². The van der Waals surface area contributed by atoms with Crippen molar-refractivity contribution in [3.63, 3.8) is 0 Å². The molecule has 0 aliphatic carbocycles. The zero-order chi connectivity index (χ0) is 12.9. The molecule has 1 rings (SSSR count). The fourth-order valence-corrected chi connectivity index (χ4v) is 2.26. The Morgan fingerprint density at radius 2 is 1.71 bits per heavy atom. The van der Waals surface area contributed by atoms with Crippen molar-refractivity contribution in [3.8, 4) is 0 Å². The number of hydrogen-bond acceptors (Lipinski definition) is 6. The average molecular weight is 250 g/mol. The molecule has 0 saturated carbocycles. The van der Waals surface area contributed by atoms with Crippen LogP contribution in [0.3, 0.4) is 0 Å². The third-order valence-corrected chi connectivity index (χ3v) is 3.00. The highest BCUT2D eigenvalue weighted by molar-refractivity contribution is 4.98. The summed E-state index contributed by atoms with van der Waals surface area (Å²) in [6.07, 6.45) is -0.863. The first-order chi connectivity index (χ1) is 8.18. The molecule has 0 aromatic heterocycles. The standard InChI is InChI=1S/C11H22O6/c1-12-6-8-9(14-3)10(15-4)11(16-5,17-8)7-13-2/h8-10H,6-7H2,1-5H3/t8-,9-,10+,11?/m1/s1. The molecule has 0 N–H and O–H groups in total. The largest absolute Gasteiger partial charge is 0.382 e. The lowest BCUT2D eigenvalue weighted by Crippen LogP contribution is -2.49. The van der Waals surface area contributed by atoms with E-state index in [1.807, 2.05) is 0 Å². The Balaban J connectivity index is 2.90. The summed E-state index contributed by atoms with van der Waals surface area (Å²) in [6, 6.07) is 0. The number of ether oxygens (including phenoxy) is 6. The van der Waals surface area contributed by atoms with Crippen LogP contribution in [0.15, 0.2) is 0 Å². The normalized spacial score (nSPS) is 37.6. The molecule has 1 saturated heterocycles. The molecule has 0 aromatic rings. The van der Waals surface area contributed by atoms with E-state index in [-0.39, 0.29) is 24.9 Å². The topological polar surface area (TPSA) is 55.4 Å². The van der Waals surface area contributed by atoms with E-state index in [4.69, 9.17) is 28.4 Å². The number of hydrogen-bond donors (Lipinski definition) is 0. The minimum absolute atomic E-state index is 0.245. The van der Waals surface area contributed by atoms with Gasteiger partial charge in [0.1, 0.15) is 24.9 Å². The Morgan fingerprint density at radius 1 is 1.00 bits per heavy atom. The molecule has 0 amide bonds. The quantitative estimate of drug-likeness (QED) is 0.636. The van der Waals surface area contributed by atoms with Crippen LogP contribution >= 0.6 is 0 Å². The third kappa shape index (κ3) is 2.78. The summed E-state index contributed by atoms with van der Waals surface area (Å²) in [5.74, 6) is -0.951. The van der Waals surface area contributed by atoms with Crippen LogP contribution in [0.25, 0.3) is 0 Å². The monoisotopic (exact) mass is 250 g/mol. The van der Waals surface area contributed by atoms with Gasteiger partial charge in [-0.2, -0.15) is 0 Å². The molecule has 4 atom stereocenters. The van der Waals surface area contributed by atoms with Crippen LogP contribution < -0.4 is 0 Å². The molecular weight excluding hydrogens is 228 g/mol. The molecule has 1 unspecified atom stereocenters. The maximum absolute atomic E-state index is 5.86. The zero-order valence-corrected chi connectivity index (χ0v) is 11.1. The van der Waals surface area contributed by atoms with Crippen LogP contribution in [0.4, 0.5) is 0 Å². The van der Waals surface area contributed by atoms with Crippen LogP contribution in [0.1, 0.15) is 0 Å². The smallest absolute Gasteiger partial charge is 0.221 e. The van der Waals surface area contributed by atoms with Gasteiger partial charge in [0.25, 0.3) is 0 Å². The maximum Gasteiger partial charge on any atom is 0.221 e.